The molecule has 1 aliphatic heterocycles. The molecule has 1 atom stereocenters. The van der Waals surface area contributed by atoms with Gasteiger partial charge in [0.05, 0.1) is 18.5 Å². The number of sulfonamides is 1. The van der Waals surface area contributed by atoms with E-state index in [2.05, 4.69) is 0 Å². The van der Waals surface area contributed by atoms with Crippen LogP contribution in [0.2, 0.25) is 0 Å². The van der Waals surface area contributed by atoms with Gasteiger partial charge < -0.3 is 4.74 Å². The van der Waals surface area contributed by atoms with E-state index in [4.69, 9.17) is 16.3 Å². The lowest BCUT2D eigenvalue weighted by atomic mass is 10.3. The first-order chi connectivity index (χ1) is 6.95. The summed E-state index contributed by atoms with van der Waals surface area (Å²) in [6.45, 7) is 5.07. The summed E-state index contributed by atoms with van der Waals surface area (Å²) < 4.78 is 30.6. The molecule has 1 rings (SSSR count). The Balaban J connectivity index is 2.62. The fourth-order valence-corrected chi connectivity index (χ4v) is 3.55. The zero-order valence-electron chi connectivity index (χ0n) is 9.15. The zero-order valence-corrected chi connectivity index (χ0v) is 10.7. The molecule has 1 fully saturated rings. The summed E-state index contributed by atoms with van der Waals surface area (Å²) in [7, 11) is -3.13. The molecule has 1 saturated heterocycles. The molecule has 0 radical (unpaired) electrons. The third-order valence-corrected chi connectivity index (χ3v) is 4.76. The fraction of sp³-hybridized carbons (Fsp3) is 1.00. The first-order valence-electron chi connectivity index (χ1n) is 5.11. The smallest absolute Gasteiger partial charge is 0.214 e. The molecule has 0 aromatic rings. The van der Waals surface area contributed by atoms with E-state index in [-0.39, 0.29) is 17.8 Å². The van der Waals surface area contributed by atoms with Gasteiger partial charge in [0, 0.05) is 19.0 Å². The summed E-state index contributed by atoms with van der Waals surface area (Å²) in [5.41, 5.74) is 0. The van der Waals surface area contributed by atoms with Crippen LogP contribution in [0.5, 0.6) is 0 Å². The molecule has 0 aliphatic carbocycles. The number of hydrogen-bond acceptors (Lipinski definition) is 3. The second-order valence-corrected chi connectivity index (χ2v) is 6.50. The van der Waals surface area contributed by atoms with Crippen molar-refractivity contribution in [1.82, 2.24) is 4.31 Å². The van der Waals surface area contributed by atoms with Crippen LogP contribution in [0.15, 0.2) is 0 Å². The molecule has 4 nitrogen and oxygen atoms in total. The molecule has 90 valence electrons. The maximum absolute atomic E-state index is 11.9. The molecule has 0 aromatic carbocycles. The maximum atomic E-state index is 11.9. The Kier molecular flexibility index (Phi) is 4.83. The minimum absolute atomic E-state index is 0.146. The van der Waals surface area contributed by atoms with Gasteiger partial charge >= 0.3 is 0 Å². The van der Waals surface area contributed by atoms with Crippen molar-refractivity contribution in [3.63, 3.8) is 0 Å². The molecule has 0 spiro atoms. The van der Waals surface area contributed by atoms with Gasteiger partial charge in [0.15, 0.2) is 0 Å². The maximum Gasteiger partial charge on any atom is 0.214 e. The SMILES string of the molecule is CC(C)CS(=O)(=O)N1CCOC(CCl)C1. The monoisotopic (exact) mass is 255 g/mol. The molecule has 0 saturated carbocycles. The second-order valence-electron chi connectivity index (χ2n) is 4.18. The lowest BCUT2D eigenvalue weighted by molar-refractivity contribution is 0.0121. The minimum atomic E-state index is -3.13. The molecule has 0 N–H and O–H groups in total. The van der Waals surface area contributed by atoms with Crippen molar-refractivity contribution in [2.24, 2.45) is 5.92 Å². The van der Waals surface area contributed by atoms with Crippen molar-refractivity contribution in [2.75, 3.05) is 31.3 Å². The van der Waals surface area contributed by atoms with E-state index >= 15 is 0 Å². The van der Waals surface area contributed by atoms with Crippen molar-refractivity contribution >= 4 is 21.6 Å². The highest BCUT2D eigenvalue weighted by Crippen LogP contribution is 2.13. The Morgan fingerprint density at radius 3 is 2.73 bits per heavy atom. The Morgan fingerprint density at radius 1 is 1.53 bits per heavy atom. The van der Waals surface area contributed by atoms with E-state index in [0.717, 1.165) is 0 Å². The molecule has 1 aliphatic rings. The van der Waals surface area contributed by atoms with Gasteiger partial charge in [0.2, 0.25) is 10.0 Å². The fourth-order valence-electron chi connectivity index (χ4n) is 1.56. The number of morpholine rings is 1. The van der Waals surface area contributed by atoms with E-state index in [1.807, 2.05) is 13.8 Å². The summed E-state index contributed by atoms with van der Waals surface area (Å²) >= 11 is 5.65. The number of halogens is 1. The first-order valence-corrected chi connectivity index (χ1v) is 7.25. The normalized spacial score (nSPS) is 24.7. The number of nitrogens with zero attached hydrogens (tertiary/aromatic N) is 1. The highest BCUT2D eigenvalue weighted by atomic mass is 35.5. The van der Waals surface area contributed by atoms with Gasteiger partial charge in [-0.05, 0) is 5.92 Å². The van der Waals surface area contributed by atoms with Gasteiger partial charge in [0.1, 0.15) is 0 Å². The minimum Gasteiger partial charge on any atom is -0.374 e. The van der Waals surface area contributed by atoms with E-state index in [1.165, 1.54) is 4.31 Å². The zero-order chi connectivity index (χ0) is 11.5. The van der Waals surface area contributed by atoms with Crippen molar-refractivity contribution < 1.29 is 13.2 Å². The third kappa shape index (κ3) is 3.90. The van der Waals surface area contributed by atoms with E-state index in [1.54, 1.807) is 0 Å². The predicted molar refractivity (Wildman–Crippen MR) is 60.7 cm³/mol. The summed E-state index contributed by atoms with van der Waals surface area (Å²) in [4.78, 5) is 0. The highest BCUT2D eigenvalue weighted by molar-refractivity contribution is 7.89. The topological polar surface area (TPSA) is 46.6 Å². The molecule has 0 amide bonds. The standard InChI is InChI=1S/C9H18ClNO3S/c1-8(2)7-15(12,13)11-3-4-14-9(5-10)6-11/h8-9H,3-7H2,1-2H3. The van der Waals surface area contributed by atoms with Crippen LogP contribution in [0.25, 0.3) is 0 Å². The molecular weight excluding hydrogens is 238 g/mol. The number of rotatable bonds is 4. The molecule has 15 heavy (non-hydrogen) atoms. The van der Waals surface area contributed by atoms with Gasteiger partial charge in [-0.25, -0.2) is 8.42 Å². The van der Waals surface area contributed by atoms with Gasteiger partial charge in [-0.2, -0.15) is 4.31 Å². The number of alkyl halides is 1. The Morgan fingerprint density at radius 2 is 2.20 bits per heavy atom. The van der Waals surface area contributed by atoms with Crippen LogP contribution in [0.4, 0.5) is 0 Å². The van der Waals surface area contributed by atoms with Gasteiger partial charge in [0.25, 0.3) is 0 Å². The summed E-state index contributed by atoms with van der Waals surface area (Å²) in [5, 5.41) is 0. The van der Waals surface area contributed by atoms with Crippen LogP contribution >= 0.6 is 11.6 Å². The molecular formula is C9H18ClNO3S. The molecule has 6 heteroatoms. The van der Waals surface area contributed by atoms with Crippen molar-refractivity contribution in [1.29, 1.82) is 0 Å². The molecule has 1 heterocycles. The van der Waals surface area contributed by atoms with Crippen LogP contribution in [-0.2, 0) is 14.8 Å². The van der Waals surface area contributed by atoms with Crippen LogP contribution in [0.1, 0.15) is 13.8 Å². The van der Waals surface area contributed by atoms with Crippen molar-refractivity contribution in [2.45, 2.75) is 20.0 Å². The van der Waals surface area contributed by atoms with Gasteiger partial charge in [-0.3, -0.25) is 0 Å². The lowest BCUT2D eigenvalue weighted by Crippen LogP contribution is -2.47. The Labute approximate surface area is 96.6 Å². The average molecular weight is 256 g/mol. The quantitative estimate of drug-likeness (QED) is 0.702. The van der Waals surface area contributed by atoms with Gasteiger partial charge in [-0.1, -0.05) is 13.8 Å². The average Bonchev–Trinajstić information content (AvgIpc) is 2.16. The predicted octanol–water partition coefficient (Wildman–Crippen LogP) is 0.912. The lowest BCUT2D eigenvalue weighted by Gasteiger charge is -2.31. The second kappa shape index (κ2) is 5.48. The van der Waals surface area contributed by atoms with Crippen LogP contribution < -0.4 is 0 Å². The Hall–Kier alpha value is 0.160. The molecule has 0 aromatic heterocycles. The first kappa shape index (κ1) is 13.2. The van der Waals surface area contributed by atoms with Gasteiger partial charge in [-0.15, -0.1) is 11.6 Å². The molecule has 0 bridgehead atoms. The van der Waals surface area contributed by atoms with E-state index in [9.17, 15) is 8.42 Å². The summed E-state index contributed by atoms with van der Waals surface area (Å²) in [6, 6.07) is 0. The highest BCUT2D eigenvalue weighted by Gasteiger charge is 2.29. The number of hydrogen-bond donors (Lipinski definition) is 0. The third-order valence-electron chi connectivity index (χ3n) is 2.21. The summed E-state index contributed by atoms with van der Waals surface area (Å²) in [6.07, 6.45) is -0.164. The largest absolute Gasteiger partial charge is 0.374 e. The van der Waals surface area contributed by atoms with Crippen LogP contribution in [-0.4, -0.2) is 50.2 Å². The van der Waals surface area contributed by atoms with Crippen LogP contribution in [0, 0.1) is 5.92 Å². The number of ether oxygens (including phenoxy) is 1. The van der Waals surface area contributed by atoms with Crippen LogP contribution in [0.3, 0.4) is 0 Å². The van der Waals surface area contributed by atoms with Crippen molar-refractivity contribution in [3.05, 3.63) is 0 Å². The Bertz CT molecular complexity index is 292. The van der Waals surface area contributed by atoms with E-state index < -0.39 is 10.0 Å². The molecule has 1 unspecified atom stereocenters. The summed E-state index contributed by atoms with van der Waals surface area (Å²) in [5.74, 6) is 0.683. The van der Waals surface area contributed by atoms with E-state index in [0.29, 0.717) is 25.6 Å². The van der Waals surface area contributed by atoms with Crippen molar-refractivity contribution in [3.8, 4) is 0 Å².